The predicted octanol–water partition coefficient (Wildman–Crippen LogP) is 5.77. The number of hydrogen-bond donors (Lipinski definition) is 2. The highest BCUT2D eigenvalue weighted by Crippen LogP contribution is 2.57. The van der Waals surface area contributed by atoms with Crippen molar-refractivity contribution in [3.63, 3.8) is 0 Å². The molecule has 4 aromatic rings. The van der Waals surface area contributed by atoms with Crippen LogP contribution in [0, 0.1) is 11.8 Å². The summed E-state index contributed by atoms with van der Waals surface area (Å²) in [5.74, 6) is 3.41. The molecule has 0 amide bonds. The molecule has 3 N–H and O–H groups in total. The summed E-state index contributed by atoms with van der Waals surface area (Å²) in [7, 11) is 0. The maximum absolute atomic E-state index is 13.2. The lowest BCUT2D eigenvalue weighted by atomic mass is 9.87. The number of nitrogens with two attached hydrogens (primary N) is 1. The second-order valence-corrected chi connectivity index (χ2v) is 10.0. The molecule has 2 aromatic carbocycles. The van der Waals surface area contributed by atoms with Crippen molar-refractivity contribution in [3.8, 4) is 11.3 Å². The smallest absolute Gasteiger partial charge is 0.382 e. The second kappa shape index (κ2) is 7.55. The van der Waals surface area contributed by atoms with Crippen LogP contribution >= 0.6 is 0 Å². The van der Waals surface area contributed by atoms with Crippen molar-refractivity contribution < 1.29 is 18.3 Å². The van der Waals surface area contributed by atoms with Gasteiger partial charge in [-0.3, -0.25) is 4.40 Å². The molecule has 2 heterocycles. The molecule has 35 heavy (non-hydrogen) atoms. The van der Waals surface area contributed by atoms with Gasteiger partial charge in [0.25, 0.3) is 0 Å². The zero-order chi connectivity index (χ0) is 24.5. The molecule has 8 heteroatoms. The number of imidazole rings is 1. The van der Waals surface area contributed by atoms with Crippen LogP contribution in [-0.2, 0) is 11.8 Å². The summed E-state index contributed by atoms with van der Waals surface area (Å²) < 4.78 is 41.6. The van der Waals surface area contributed by atoms with Gasteiger partial charge in [-0.1, -0.05) is 36.4 Å². The molecule has 2 fully saturated rings. The number of rotatable bonds is 4. The lowest BCUT2D eigenvalue weighted by Gasteiger charge is -2.25. The lowest BCUT2D eigenvalue weighted by molar-refractivity contribution is -0.137. The molecule has 2 aliphatic carbocycles. The van der Waals surface area contributed by atoms with Crippen LogP contribution in [0.5, 0.6) is 0 Å². The zero-order valence-electron chi connectivity index (χ0n) is 19.1. The molecule has 0 radical (unpaired) electrons. The van der Waals surface area contributed by atoms with Crippen molar-refractivity contribution in [1.29, 1.82) is 0 Å². The van der Waals surface area contributed by atoms with Crippen LogP contribution in [0.1, 0.15) is 54.6 Å². The number of aromatic nitrogens is 3. The van der Waals surface area contributed by atoms with E-state index in [1.165, 1.54) is 25.5 Å². The topological polar surface area (TPSA) is 76.4 Å². The number of nitrogens with zero attached hydrogens (tertiary/aromatic N) is 3. The van der Waals surface area contributed by atoms with E-state index >= 15 is 0 Å². The Morgan fingerprint density at radius 3 is 2.34 bits per heavy atom. The van der Waals surface area contributed by atoms with E-state index in [0.29, 0.717) is 17.3 Å². The number of hydrogen-bond acceptors (Lipinski definition) is 4. The first-order chi connectivity index (χ1) is 16.6. The van der Waals surface area contributed by atoms with Gasteiger partial charge in [-0.05, 0) is 61.3 Å². The monoisotopic (exact) mass is 478 g/mol. The van der Waals surface area contributed by atoms with E-state index in [-0.39, 0.29) is 5.56 Å². The Bertz CT molecular complexity index is 1410. The fourth-order valence-corrected chi connectivity index (χ4v) is 5.62. The van der Waals surface area contributed by atoms with E-state index in [0.717, 1.165) is 59.4 Å². The minimum atomic E-state index is -4.48. The van der Waals surface area contributed by atoms with E-state index in [1.807, 2.05) is 22.7 Å². The summed E-state index contributed by atoms with van der Waals surface area (Å²) in [5, 5.41) is 11.2. The molecule has 0 bridgehead atoms. The summed E-state index contributed by atoms with van der Waals surface area (Å²) in [5.41, 5.74) is 6.79. The maximum Gasteiger partial charge on any atom is 0.416 e. The first kappa shape index (κ1) is 22.1. The molecule has 2 aliphatic rings. The average molecular weight is 479 g/mol. The van der Waals surface area contributed by atoms with Gasteiger partial charge in [0, 0.05) is 23.9 Å². The molecule has 6 rings (SSSR count). The third kappa shape index (κ3) is 3.67. The minimum Gasteiger partial charge on any atom is -0.382 e. The number of nitrogen functional groups attached to an aromatic ring is 1. The van der Waals surface area contributed by atoms with Gasteiger partial charge >= 0.3 is 6.18 Å². The van der Waals surface area contributed by atoms with Gasteiger partial charge in [-0.25, -0.2) is 9.97 Å². The summed E-state index contributed by atoms with van der Waals surface area (Å²) in [6.45, 7) is 1.49. The fraction of sp³-hybridized carbons (Fsp3) is 0.333. The highest BCUT2D eigenvalue weighted by atomic mass is 19.4. The first-order valence-corrected chi connectivity index (χ1v) is 11.8. The number of halogens is 3. The van der Waals surface area contributed by atoms with Crippen LogP contribution in [0.2, 0.25) is 0 Å². The molecular formula is C27H25F3N4O. The Balaban J connectivity index is 1.37. The van der Waals surface area contributed by atoms with Crippen molar-refractivity contribution in [2.45, 2.75) is 43.9 Å². The van der Waals surface area contributed by atoms with Crippen LogP contribution in [0.4, 0.5) is 19.0 Å². The Labute approximate surface area is 200 Å². The molecule has 180 valence electrons. The van der Waals surface area contributed by atoms with Gasteiger partial charge in [-0.2, -0.15) is 13.2 Å². The van der Waals surface area contributed by atoms with Crippen molar-refractivity contribution in [3.05, 3.63) is 83.4 Å². The minimum absolute atomic E-state index is 0.169. The molecule has 4 atom stereocenters. The van der Waals surface area contributed by atoms with Crippen LogP contribution in [-0.4, -0.2) is 19.5 Å². The van der Waals surface area contributed by atoms with Gasteiger partial charge in [0.15, 0.2) is 0 Å². The highest BCUT2D eigenvalue weighted by Gasteiger charge is 2.47. The van der Waals surface area contributed by atoms with Crippen molar-refractivity contribution in [1.82, 2.24) is 14.4 Å². The molecule has 1 unspecified atom stereocenters. The number of aliphatic hydroxyl groups is 1. The summed E-state index contributed by atoms with van der Waals surface area (Å²) in [6.07, 6.45) is 2.71. The van der Waals surface area contributed by atoms with Crippen LogP contribution in [0.15, 0.2) is 60.9 Å². The molecule has 2 saturated carbocycles. The Morgan fingerprint density at radius 1 is 0.971 bits per heavy atom. The third-order valence-corrected chi connectivity index (χ3v) is 7.69. The van der Waals surface area contributed by atoms with Gasteiger partial charge < -0.3 is 10.8 Å². The normalized spacial score (nSPS) is 23.3. The zero-order valence-corrected chi connectivity index (χ0v) is 19.1. The Kier molecular flexibility index (Phi) is 4.77. The second-order valence-electron chi connectivity index (χ2n) is 10.0. The summed E-state index contributed by atoms with van der Waals surface area (Å²) in [6, 6.07) is 11.9. The molecule has 0 spiro atoms. The van der Waals surface area contributed by atoms with E-state index in [9.17, 15) is 18.3 Å². The predicted molar refractivity (Wildman–Crippen MR) is 127 cm³/mol. The molecule has 0 aliphatic heterocycles. The standard InChI is InChI=1S/C27H25F3N4O/c1-26(35,20-3-2-4-21(14-20)27(28,29)30)19-7-5-15(6-8-19)22-23-24(31)32-9-10-34(23)25(33-22)18-12-16-11-17(16)13-18/h2-10,14,16-18,35H,11-13H2,1H3,(H2,31,32)/t16-,17+,18?,26-/m1/s1. The SMILES string of the molecule is C[C@@](O)(c1ccc(-c2nc(C3C[C@@H]4C[C@@H]4C3)n3ccnc(N)c23)cc1)c1cccc(C(F)(F)F)c1. The largest absolute Gasteiger partial charge is 0.416 e. The first-order valence-electron chi connectivity index (χ1n) is 11.8. The number of benzene rings is 2. The van der Waals surface area contributed by atoms with Gasteiger partial charge in [0.05, 0.1) is 5.56 Å². The quantitative estimate of drug-likeness (QED) is 0.391. The number of alkyl halides is 3. The maximum atomic E-state index is 13.2. The Hall–Kier alpha value is -3.39. The Morgan fingerprint density at radius 2 is 1.66 bits per heavy atom. The van der Waals surface area contributed by atoms with E-state index < -0.39 is 17.3 Å². The lowest BCUT2D eigenvalue weighted by Crippen LogP contribution is -2.23. The van der Waals surface area contributed by atoms with Crippen LogP contribution in [0.25, 0.3) is 16.8 Å². The van der Waals surface area contributed by atoms with Crippen LogP contribution < -0.4 is 5.73 Å². The fourth-order valence-electron chi connectivity index (χ4n) is 5.62. The van der Waals surface area contributed by atoms with Crippen molar-refractivity contribution in [2.75, 3.05) is 5.73 Å². The molecule has 2 aromatic heterocycles. The highest BCUT2D eigenvalue weighted by molar-refractivity contribution is 5.85. The van der Waals surface area contributed by atoms with Gasteiger partial charge in [0.1, 0.15) is 28.5 Å². The number of fused-ring (bicyclic) bond motifs is 2. The van der Waals surface area contributed by atoms with E-state index in [4.69, 9.17) is 10.7 Å². The molecule has 5 nitrogen and oxygen atoms in total. The van der Waals surface area contributed by atoms with Crippen LogP contribution in [0.3, 0.4) is 0 Å². The van der Waals surface area contributed by atoms with E-state index in [1.54, 1.807) is 18.3 Å². The van der Waals surface area contributed by atoms with Gasteiger partial charge in [0.2, 0.25) is 0 Å². The summed E-state index contributed by atoms with van der Waals surface area (Å²) in [4.78, 5) is 9.27. The van der Waals surface area contributed by atoms with Gasteiger partial charge in [-0.15, -0.1) is 0 Å². The molecule has 0 saturated heterocycles. The van der Waals surface area contributed by atoms with Crippen molar-refractivity contribution >= 4 is 11.3 Å². The van der Waals surface area contributed by atoms with Crippen molar-refractivity contribution in [2.24, 2.45) is 11.8 Å². The average Bonchev–Trinajstić information content (AvgIpc) is 3.25. The third-order valence-electron chi connectivity index (χ3n) is 7.69. The number of anilines is 1. The summed E-state index contributed by atoms with van der Waals surface area (Å²) >= 11 is 0. The van der Waals surface area contributed by atoms with E-state index in [2.05, 4.69) is 4.98 Å². The molecular weight excluding hydrogens is 453 g/mol.